The zero-order chi connectivity index (χ0) is 14.9. The highest BCUT2D eigenvalue weighted by Crippen LogP contribution is 2.30. The molecule has 0 radical (unpaired) electrons. The number of hydrogen-bond donors (Lipinski definition) is 1. The van der Waals surface area contributed by atoms with E-state index in [2.05, 4.69) is 0 Å². The number of nitrogens with zero attached hydrogens (tertiary/aromatic N) is 1. The molecule has 0 saturated heterocycles. The number of fused-ring (bicyclic) bond motifs is 1. The lowest BCUT2D eigenvalue weighted by Crippen LogP contribution is -2.42. The average molecular weight is 299 g/mol. The van der Waals surface area contributed by atoms with Gasteiger partial charge in [-0.2, -0.15) is 0 Å². The van der Waals surface area contributed by atoms with E-state index >= 15 is 0 Å². The number of anilines is 1. The van der Waals surface area contributed by atoms with E-state index in [9.17, 15) is 18.0 Å². The first-order chi connectivity index (χ1) is 9.36. The maximum Gasteiger partial charge on any atom is 0.335 e. The maximum absolute atomic E-state index is 12.0. The molecule has 108 valence electrons. The molecule has 0 aromatic heterocycles. The zero-order valence-electron chi connectivity index (χ0n) is 10.7. The average Bonchev–Trinajstić information content (AvgIpc) is 2.37. The van der Waals surface area contributed by atoms with Gasteiger partial charge in [-0.05, 0) is 18.2 Å². The van der Waals surface area contributed by atoms with E-state index in [4.69, 9.17) is 9.84 Å². The summed E-state index contributed by atoms with van der Waals surface area (Å²) in [5.74, 6) is -2.34. The first-order valence-electron chi connectivity index (χ1n) is 5.76. The lowest BCUT2D eigenvalue weighted by atomic mass is 10.1. The lowest BCUT2D eigenvalue weighted by Gasteiger charge is -2.29. The third-order valence-electron chi connectivity index (χ3n) is 2.96. The Bertz CT molecular complexity index is 667. The SMILES string of the molecule is COCCN1c2cc(C(=O)O)ccc2C(=O)CS1(=O)=O. The molecular weight excluding hydrogens is 286 g/mol. The number of ether oxygens (including phenoxy) is 1. The van der Waals surface area contributed by atoms with Gasteiger partial charge < -0.3 is 9.84 Å². The normalized spacial score (nSPS) is 16.9. The molecule has 20 heavy (non-hydrogen) atoms. The topological polar surface area (TPSA) is 101 Å². The summed E-state index contributed by atoms with van der Waals surface area (Å²) in [6.07, 6.45) is 0. The molecule has 0 aliphatic carbocycles. The van der Waals surface area contributed by atoms with Crippen LogP contribution in [0.25, 0.3) is 0 Å². The van der Waals surface area contributed by atoms with Crippen LogP contribution in [0.15, 0.2) is 18.2 Å². The summed E-state index contributed by atoms with van der Waals surface area (Å²) in [7, 11) is -2.36. The molecule has 0 amide bonds. The monoisotopic (exact) mass is 299 g/mol. The molecule has 7 nitrogen and oxygen atoms in total. The number of aromatic carboxylic acids is 1. The van der Waals surface area contributed by atoms with E-state index in [1.165, 1.54) is 25.3 Å². The summed E-state index contributed by atoms with van der Waals surface area (Å²) in [6, 6.07) is 3.82. The van der Waals surface area contributed by atoms with E-state index in [-0.39, 0.29) is 30.0 Å². The van der Waals surface area contributed by atoms with Crippen LogP contribution in [0.4, 0.5) is 5.69 Å². The summed E-state index contributed by atoms with van der Waals surface area (Å²) < 4.78 is 30.0. The van der Waals surface area contributed by atoms with Crippen LogP contribution in [0.5, 0.6) is 0 Å². The molecule has 1 aromatic rings. The fraction of sp³-hybridized carbons (Fsp3) is 0.333. The molecule has 1 aromatic carbocycles. The Labute approximate surface area is 115 Å². The summed E-state index contributed by atoms with van der Waals surface area (Å²) in [5.41, 5.74) is 0.232. The quantitative estimate of drug-likeness (QED) is 0.861. The van der Waals surface area contributed by atoms with Gasteiger partial charge in [-0.1, -0.05) is 0 Å². The molecule has 0 bridgehead atoms. The molecule has 1 heterocycles. The van der Waals surface area contributed by atoms with Gasteiger partial charge in [0, 0.05) is 12.7 Å². The largest absolute Gasteiger partial charge is 0.478 e. The number of carboxylic acids is 1. The van der Waals surface area contributed by atoms with Gasteiger partial charge in [-0.15, -0.1) is 0 Å². The van der Waals surface area contributed by atoms with Gasteiger partial charge in [0.05, 0.1) is 24.4 Å². The Morgan fingerprint density at radius 1 is 1.45 bits per heavy atom. The second kappa shape index (κ2) is 5.22. The van der Waals surface area contributed by atoms with Crippen molar-refractivity contribution in [1.82, 2.24) is 0 Å². The molecule has 0 spiro atoms. The number of carbonyl (C=O) groups excluding carboxylic acids is 1. The number of methoxy groups -OCH3 is 1. The highest BCUT2D eigenvalue weighted by molar-refractivity contribution is 7.93. The molecular formula is C12H13NO6S. The second-order valence-corrected chi connectivity index (χ2v) is 6.17. The van der Waals surface area contributed by atoms with Gasteiger partial charge in [-0.3, -0.25) is 9.10 Å². The van der Waals surface area contributed by atoms with Crippen LogP contribution in [0, 0.1) is 0 Å². The molecule has 0 unspecified atom stereocenters. The van der Waals surface area contributed by atoms with Crippen molar-refractivity contribution in [2.45, 2.75) is 0 Å². The number of sulfonamides is 1. The summed E-state index contributed by atoms with van der Waals surface area (Å²) >= 11 is 0. The minimum Gasteiger partial charge on any atom is -0.478 e. The van der Waals surface area contributed by atoms with Gasteiger partial charge in [-0.25, -0.2) is 13.2 Å². The van der Waals surface area contributed by atoms with Crippen LogP contribution in [0.1, 0.15) is 20.7 Å². The summed E-state index contributed by atoms with van der Waals surface area (Å²) in [5, 5.41) is 8.97. The van der Waals surface area contributed by atoms with E-state index in [1.54, 1.807) is 0 Å². The van der Waals surface area contributed by atoms with Gasteiger partial charge in [0.15, 0.2) is 5.78 Å². The van der Waals surface area contributed by atoms with Gasteiger partial charge in [0.2, 0.25) is 10.0 Å². The highest BCUT2D eigenvalue weighted by atomic mass is 32.2. The van der Waals surface area contributed by atoms with Crippen LogP contribution in [0.2, 0.25) is 0 Å². The van der Waals surface area contributed by atoms with Gasteiger partial charge in [0.1, 0.15) is 5.75 Å². The molecule has 0 saturated carbocycles. The molecule has 1 N–H and O–H groups in total. The van der Waals surface area contributed by atoms with E-state index < -0.39 is 27.5 Å². The van der Waals surface area contributed by atoms with Crippen LogP contribution in [-0.4, -0.2) is 51.3 Å². The van der Waals surface area contributed by atoms with E-state index in [0.29, 0.717) is 0 Å². The Morgan fingerprint density at radius 2 is 2.15 bits per heavy atom. The Kier molecular flexibility index (Phi) is 3.78. The number of hydrogen-bond acceptors (Lipinski definition) is 5. The Balaban J connectivity index is 2.57. The summed E-state index contributed by atoms with van der Waals surface area (Å²) in [6.45, 7) is 0.173. The first kappa shape index (κ1) is 14.5. The molecule has 1 aliphatic rings. The Morgan fingerprint density at radius 3 is 2.75 bits per heavy atom. The van der Waals surface area contributed by atoms with Crippen LogP contribution >= 0.6 is 0 Å². The minimum absolute atomic E-state index is 0.0299. The van der Waals surface area contributed by atoms with Crippen LogP contribution < -0.4 is 4.31 Å². The molecule has 2 rings (SSSR count). The van der Waals surface area contributed by atoms with Crippen LogP contribution in [0.3, 0.4) is 0 Å². The lowest BCUT2D eigenvalue weighted by molar-refractivity contribution is 0.0696. The molecule has 0 atom stereocenters. The third kappa shape index (κ3) is 2.52. The van der Waals surface area contributed by atoms with Crippen molar-refractivity contribution < 1.29 is 27.9 Å². The predicted molar refractivity (Wildman–Crippen MR) is 70.7 cm³/mol. The second-order valence-electron chi connectivity index (χ2n) is 4.28. The smallest absolute Gasteiger partial charge is 0.335 e. The number of Topliss-reactive ketones (excluding diaryl/α,β-unsaturated/α-hetero) is 1. The number of ketones is 1. The van der Waals surface area contributed by atoms with Gasteiger partial charge >= 0.3 is 5.97 Å². The van der Waals surface area contributed by atoms with Crippen molar-refractivity contribution in [2.24, 2.45) is 0 Å². The standard InChI is InChI=1S/C12H13NO6S/c1-19-5-4-13-10-6-8(12(15)16)2-3-9(10)11(14)7-20(13,17)18/h2-3,6H,4-5,7H2,1H3,(H,15,16). The summed E-state index contributed by atoms with van der Waals surface area (Å²) in [4.78, 5) is 22.8. The molecule has 1 aliphatic heterocycles. The van der Waals surface area contributed by atoms with E-state index in [0.717, 1.165) is 4.31 Å². The fourth-order valence-electron chi connectivity index (χ4n) is 2.01. The maximum atomic E-state index is 12.0. The number of carbonyl (C=O) groups is 2. The Hall–Kier alpha value is -1.93. The molecule has 8 heteroatoms. The third-order valence-corrected chi connectivity index (χ3v) is 4.64. The van der Waals surface area contributed by atoms with Crippen molar-refractivity contribution in [3.63, 3.8) is 0 Å². The van der Waals surface area contributed by atoms with Crippen molar-refractivity contribution in [3.8, 4) is 0 Å². The van der Waals surface area contributed by atoms with Gasteiger partial charge in [0.25, 0.3) is 0 Å². The number of carboxylic acid groups (broad SMARTS) is 1. The van der Waals surface area contributed by atoms with E-state index in [1.807, 2.05) is 0 Å². The van der Waals surface area contributed by atoms with Crippen molar-refractivity contribution in [1.29, 1.82) is 0 Å². The highest BCUT2D eigenvalue weighted by Gasteiger charge is 2.35. The number of benzene rings is 1. The van der Waals surface area contributed by atoms with Crippen molar-refractivity contribution >= 4 is 27.5 Å². The fourth-order valence-corrected chi connectivity index (χ4v) is 3.46. The predicted octanol–water partition coefficient (Wildman–Crippen LogP) is 0.364. The zero-order valence-corrected chi connectivity index (χ0v) is 11.5. The first-order valence-corrected chi connectivity index (χ1v) is 7.37. The molecule has 0 fully saturated rings. The van der Waals surface area contributed by atoms with Crippen molar-refractivity contribution in [2.75, 3.05) is 30.3 Å². The minimum atomic E-state index is -3.79. The number of rotatable bonds is 4. The van der Waals surface area contributed by atoms with Crippen molar-refractivity contribution in [3.05, 3.63) is 29.3 Å². The van der Waals surface area contributed by atoms with Crippen LogP contribution in [-0.2, 0) is 14.8 Å².